The number of halogens is 1. The van der Waals surface area contributed by atoms with Crippen LogP contribution in [0.5, 0.6) is 5.75 Å². The number of rotatable bonds is 6. The first kappa shape index (κ1) is 23.5. The van der Waals surface area contributed by atoms with Gasteiger partial charge < -0.3 is 19.7 Å². The Bertz CT molecular complexity index is 757. The van der Waals surface area contributed by atoms with Crippen LogP contribution in [-0.2, 0) is 16.7 Å². The highest BCUT2D eigenvalue weighted by Gasteiger charge is 2.34. The highest BCUT2D eigenvalue weighted by Crippen LogP contribution is 2.35. The lowest BCUT2D eigenvalue weighted by Gasteiger charge is -2.38. The molecular formula is C23H32IN3O2. The Hall–Kier alpha value is -1.80. The van der Waals surface area contributed by atoms with Crippen LogP contribution in [0.3, 0.4) is 0 Å². The smallest absolute Gasteiger partial charge is 0.193 e. The Morgan fingerprint density at radius 3 is 2.31 bits per heavy atom. The van der Waals surface area contributed by atoms with Gasteiger partial charge in [0.15, 0.2) is 5.96 Å². The van der Waals surface area contributed by atoms with Gasteiger partial charge in [0.2, 0.25) is 0 Å². The topological polar surface area (TPSA) is 46.1 Å². The normalized spacial score (nSPS) is 15.9. The summed E-state index contributed by atoms with van der Waals surface area (Å²) >= 11 is 0. The lowest BCUT2D eigenvalue weighted by atomic mass is 9.74. The zero-order chi connectivity index (χ0) is 19.8. The molecule has 1 aliphatic rings. The molecule has 0 aliphatic carbocycles. The van der Waals surface area contributed by atoms with Crippen molar-refractivity contribution in [2.45, 2.75) is 24.8 Å². The monoisotopic (exact) mass is 509 g/mol. The Labute approximate surface area is 191 Å². The molecule has 0 bridgehead atoms. The zero-order valence-corrected chi connectivity index (χ0v) is 19.9. The van der Waals surface area contributed by atoms with Crippen LogP contribution in [-0.4, -0.2) is 51.8 Å². The van der Waals surface area contributed by atoms with Crippen molar-refractivity contribution in [2.24, 2.45) is 4.99 Å². The molecule has 3 rings (SSSR count). The molecule has 1 aliphatic heterocycles. The number of hydrogen-bond donors (Lipinski definition) is 1. The van der Waals surface area contributed by atoms with E-state index in [0.29, 0.717) is 6.54 Å². The molecule has 1 saturated heterocycles. The molecule has 2 aromatic rings. The zero-order valence-electron chi connectivity index (χ0n) is 17.6. The molecule has 6 heteroatoms. The van der Waals surface area contributed by atoms with Gasteiger partial charge in [0.05, 0.1) is 13.7 Å². The molecule has 1 heterocycles. The maximum atomic E-state index is 5.66. The number of guanidine groups is 1. The van der Waals surface area contributed by atoms with Gasteiger partial charge in [0.25, 0.3) is 0 Å². The van der Waals surface area contributed by atoms with E-state index in [2.05, 4.69) is 29.6 Å². The number of benzene rings is 2. The van der Waals surface area contributed by atoms with Crippen molar-refractivity contribution in [2.75, 3.05) is 41.0 Å². The molecule has 0 spiro atoms. The third-order valence-electron chi connectivity index (χ3n) is 5.42. The van der Waals surface area contributed by atoms with Crippen molar-refractivity contribution in [3.8, 4) is 5.75 Å². The molecule has 29 heavy (non-hydrogen) atoms. The number of aliphatic imine (C=N–C) groups is 1. The number of nitrogens with one attached hydrogen (secondary N) is 1. The Morgan fingerprint density at radius 1 is 1.07 bits per heavy atom. The van der Waals surface area contributed by atoms with Gasteiger partial charge in [-0.2, -0.15) is 0 Å². The fraction of sp³-hybridized carbons (Fsp3) is 0.435. The second kappa shape index (κ2) is 11.4. The third-order valence-corrected chi connectivity index (χ3v) is 5.42. The van der Waals surface area contributed by atoms with Crippen LogP contribution in [0.1, 0.15) is 24.0 Å². The second-order valence-corrected chi connectivity index (χ2v) is 7.49. The molecule has 0 radical (unpaired) electrons. The number of hydrogen-bond acceptors (Lipinski definition) is 3. The average Bonchev–Trinajstić information content (AvgIpc) is 2.75. The van der Waals surface area contributed by atoms with Crippen LogP contribution >= 0.6 is 24.0 Å². The average molecular weight is 509 g/mol. The fourth-order valence-corrected chi connectivity index (χ4v) is 3.63. The van der Waals surface area contributed by atoms with E-state index < -0.39 is 0 Å². The first-order valence-electron chi connectivity index (χ1n) is 9.85. The predicted octanol–water partition coefficient (Wildman–Crippen LogP) is 4.07. The summed E-state index contributed by atoms with van der Waals surface area (Å²) in [5.74, 6) is 1.79. The van der Waals surface area contributed by atoms with Crippen molar-refractivity contribution in [1.29, 1.82) is 0 Å². The molecule has 1 fully saturated rings. The number of methoxy groups -OCH3 is 1. The molecule has 158 valence electrons. The van der Waals surface area contributed by atoms with Crippen molar-refractivity contribution in [1.82, 2.24) is 10.2 Å². The molecule has 0 atom stereocenters. The molecular weight excluding hydrogens is 477 g/mol. The minimum atomic E-state index is 0. The third kappa shape index (κ3) is 6.34. The summed E-state index contributed by atoms with van der Waals surface area (Å²) in [5.41, 5.74) is 2.57. The van der Waals surface area contributed by atoms with Crippen LogP contribution < -0.4 is 10.1 Å². The van der Waals surface area contributed by atoms with Gasteiger partial charge in [-0.25, -0.2) is 4.99 Å². The van der Waals surface area contributed by atoms with Crippen LogP contribution in [0.2, 0.25) is 0 Å². The standard InChI is InChI=1S/C23H31N3O2.HI/c1-26(2)22(24-17-19-7-5-4-6-8-19)25-18-23(13-15-28-16-14-23)20-9-11-21(27-3)12-10-20;/h4-12H,13-18H2,1-3H3,(H,24,25);1H. The highest BCUT2D eigenvalue weighted by atomic mass is 127. The lowest BCUT2D eigenvalue weighted by molar-refractivity contribution is 0.0512. The molecule has 0 unspecified atom stereocenters. The summed E-state index contributed by atoms with van der Waals surface area (Å²) in [7, 11) is 5.76. The molecule has 0 aromatic heterocycles. The van der Waals surface area contributed by atoms with Crippen LogP contribution in [0.25, 0.3) is 0 Å². The minimum absolute atomic E-state index is 0. The van der Waals surface area contributed by atoms with E-state index in [1.54, 1.807) is 7.11 Å². The van der Waals surface area contributed by atoms with Gasteiger partial charge >= 0.3 is 0 Å². The number of ether oxygens (including phenoxy) is 2. The van der Waals surface area contributed by atoms with E-state index in [0.717, 1.165) is 44.3 Å². The van der Waals surface area contributed by atoms with Gasteiger partial charge in [0.1, 0.15) is 5.75 Å². The largest absolute Gasteiger partial charge is 0.497 e. The number of nitrogens with zero attached hydrogens (tertiary/aromatic N) is 2. The maximum absolute atomic E-state index is 5.66. The van der Waals surface area contributed by atoms with E-state index in [-0.39, 0.29) is 29.4 Å². The summed E-state index contributed by atoms with van der Waals surface area (Å²) in [4.78, 5) is 6.86. The van der Waals surface area contributed by atoms with Gasteiger partial charge in [0, 0.05) is 39.3 Å². The fourth-order valence-electron chi connectivity index (χ4n) is 3.63. The Morgan fingerprint density at radius 2 is 1.72 bits per heavy atom. The molecule has 5 nitrogen and oxygen atoms in total. The summed E-state index contributed by atoms with van der Waals surface area (Å²) in [6, 6.07) is 18.8. The lowest BCUT2D eigenvalue weighted by Crippen LogP contribution is -2.47. The van der Waals surface area contributed by atoms with Crippen molar-refractivity contribution < 1.29 is 9.47 Å². The van der Waals surface area contributed by atoms with E-state index in [1.807, 2.05) is 49.3 Å². The van der Waals surface area contributed by atoms with Crippen molar-refractivity contribution in [3.63, 3.8) is 0 Å². The first-order valence-corrected chi connectivity index (χ1v) is 9.85. The highest BCUT2D eigenvalue weighted by molar-refractivity contribution is 14.0. The summed E-state index contributed by atoms with van der Waals surface area (Å²) < 4.78 is 11.0. The van der Waals surface area contributed by atoms with E-state index >= 15 is 0 Å². The summed E-state index contributed by atoms with van der Waals surface area (Å²) in [5, 5.41) is 3.62. The summed E-state index contributed by atoms with van der Waals surface area (Å²) in [6.07, 6.45) is 1.98. The maximum Gasteiger partial charge on any atom is 0.193 e. The molecule has 2 aromatic carbocycles. The Kier molecular flexibility index (Phi) is 9.23. The molecule has 0 amide bonds. The summed E-state index contributed by atoms with van der Waals surface area (Å²) in [6.45, 7) is 3.06. The van der Waals surface area contributed by atoms with Gasteiger partial charge in [-0.3, -0.25) is 0 Å². The quantitative estimate of drug-likeness (QED) is 0.363. The minimum Gasteiger partial charge on any atom is -0.497 e. The van der Waals surface area contributed by atoms with E-state index in [4.69, 9.17) is 14.5 Å². The van der Waals surface area contributed by atoms with Crippen LogP contribution in [0.4, 0.5) is 0 Å². The first-order chi connectivity index (χ1) is 13.6. The van der Waals surface area contributed by atoms with Gasteiger partial charge in [-0.15, -0.1) is 24.0 Å². The molecule has 0 saturated carbocycles. The van der Waals surface area contributed by atoms with Crippen LogP contribution in [0, 0.1) is 0 Å². The van der Waals surface area contributed by atoms with E-state index in [9.17, 15) is 0 Å². The predicted molar refractivity (Wildman–Crippen MR) is 129 cm³/mol. The van der Waals surface area contributed by atoms with Crippen LogP contribution in [0.15, 0.2) is 59.6 Å². The van der Waals surface area contributed by atoms with E-state index in [1.165, 1.54) is 11.1 Å². The second-order valence-electron chi connectivity index (χ2n) is 7.49. The van der Waals surface area contributed by atoms with Crippen molar-refractivity contribution in [3.05, 3.63) is 65.7 Å². The Balaban J connectivity index is 0.00000300. The molecule has 1 N–H and O–H groups in total. The SMILES string of the molecule is COc1ccc(C2(CNC(=NCc3ccccc3)N(C)C)CCOCC2)cc1.I. The van der Waals surface area contributed by atoms with Gasteiger partial charge in [-0.05, 0) is 36.1 Å². The van der Waals surface area contributed by atoms with Crippen molar-refractivity contribution >= 4 is 29.9 Å². The van der Waals surface area contributed by atoms with Gasteiger partial charge in [-0.1, -0.05) is 42.5 Å².